The monoisotopic (exact) mass is 304 g/mol. The van der Waals surface area contributed by atoms with Crippen molar-refractivity contribution in [3.63, 3.8) is 0 Å². The summed E-state index contributed by atoms with van der Waals surface area (Å²) in [7, 11) is 3.18. The number of methoxy groups -OCH3 is 1. The fraction of sp³-hybridized carbons (Fsp3) is 0.412. The van der Waals surface area contributed by atoms with E-state index in [4.69, 9.17) is 4.74 Å². The van der Waals surface area contributed by atoms with E-state index in [0.29, 0.717) is 5.88 Å². The molecule has 0 amide bonds. The summed E-state index contributed by atoms with van der Waals surface area (Å²) < 4.78 is 11.6. The van der Waals surface area contributed by atoms with E-state index in [-0.39, 0.29) is 6.61 Å². The minimum Gasteiger partial charge on any atom is -0.466 e. The van der Waals surface area contributed by atoms with E-state index in [1.54, 1.807) is 4.68 Å². The first kappa shape index (κ1) is 17.8. The molecule has 0 aliphatic heterocycles. The topological polar surface area (TPSA) is 53.4 Å². The number of esters is 1. The molecular weight excluding hydrogens is 280 g/mol. The van der Waals surface area contributed by atoms with Crippen LogP contribution in [0.4, 0.5) is 0 Å². The number of aromatic nitrogens is 2. The van der Waals surface area contributed by atoms with Gasteiger partial charge >= 0.3 is 5.97 Å². The van der Waals surface area contributed by atoms with E-state index in [2.05, 4.69) is 28.9 Å². The van der Waals surface area contributed by atoms with Gasteiger partial charge in [-0.2, -0.15) is 0 Å². The molecule has 2 rings (SSSR count). The Hall–Kier alpha value is -2.30. The molecule has 1 heterocycles. The highest BCUT2D eigenvalue weighted by molar-refractivity contribution is 5.71. The second kappa shape index (κ2) is 8.87. The molecule has 0 spiro atoms. The normalized spacial score (nSPS) is 9.68. The Morgan fingerprint density at radius 2 is 1.95 bits per heavy atom. The number of ether oxygens (including phenoxy) is 2. The first-order chi connectivity index (χ1) is 10.7. The molecule has 0 atom stereocenters. The highest BCUT2D eigenvalue weighted by Crippen LogP contribution is 2.26. The van der Waals surface area contributed by atoms with Crippen LogP contribution in [0.25, 0.3) is 11.3 Å². The van der Waals surface area contributed by atoms with Gasteiger partial charge in [0.2, 0.25) is 5.88 Å². The number of hydrogen-bond acceptors (Lipinski definition) is 4. The van der Waals surface area contributed by atoms with Crippen LogP contribution in [-0.4, -0.2) is 29.5 Å². The Balaban J connectivity index is 0.00000116. The summed E-state index contributed by atoms with van der Waals surface area (Å²) in [6.07, 6.45) is 0.944. The van der Waals surface area contributed by atoms with Crippen molar-refractivity contribution in [1.82, 2.24) is 9.78 Å². The SMILES string of the molecule is CC.CCc1ccccc1-c1cc(OCC(=O)OC)nn1C. The zero-order valence-electron chi connectivity index (χ0n) is 13.9. The maximum Gasteiger partial charge on any atom is 0.343 e. The third-order valence-corrected chi connectivity index (χ3v) is 3.10. The molecule has 22 heavy (non-hydrogen) atoms. The molecule has 5 heteroatoms. The van der Waals surface area contributed by atoms with Crippen molar-refractivity contribution in [3.05, 3.63) is 35.9 Å². The lowest BCUT2D eigenvalue weighted by molar-refractivity contribution is -0.143. The van der Waals surface area contributed by atoms with Gasteiger partial charge in [0.25, 0.3) is 0 Å². The lowest BCUT2D eigenvalue weighted by atomic mass is 10.0. The highest BCUT2D eigenvalue weighted by atomic mass is 16.6. The van der Waals surface area contributed by atoms with Crippen molar-refractivity contribution in [2.45, 2.75) is 27.2 Å². The molecule has 1 aromatic heterocycles. The predicted octanol–water partition coefficient (Wildman–Crippen LogP) is 3.23. The van der Waals surface area contributed by atoms with E-state index >= 15 is 0 Å². The predicted molar refractivity (Wildman–Crippen MR) is 86.9 cm³/mol. The lowest BCUT2D eigenvalue weighted by Crippen LogP contribution is -2.12. The zero-order valence-corrected chi connectivity index (χ0v) is 13.9. The number of carbonyl (C=O) groups is 1. The molecule has 0 aliphatic rings. The van der Waals surface area contributed by atoms with Crippen LogP contribution in [0.2, 0.25) is 0 Å². The van der Waals surface area contributed by atoms with Gasteiger partial charge in [-0.15, -0.1) is 5.10 Å². The van der Waals surface area contributed by atoms with Gasteiger partial charge in [-0.05, 0) is 12.0 Å². The molecule has 0 unspecified atom stereocenters. The van der Waals surface area contributed by atoms with Crippen molar-refractivity contribution < 1.29 is 14.3 Å². The van der Waals surface area contributed by atoms with Crippen molar-refractivity contribution in [2.24, 2.45) is 7.05 Å². The second-order valence-electron chi connectivity index (χ2n) is 4.37. The van der Waals surface area contributed by atoms with Crippen LogP contribution in [0.15, 0.2) is 30.3 Å². The van der Waals surface area contributed by atoms with Gasteiger partial charge in [0.05, 0.1) is 12.8 Å². The lowest BCUT2D eigenvalue weighted by Gasteiger charge is -2.06. The number of benzene rings is 1. The Morgan fingerprint density at radius 1 is 1.27 bits per heavy atom. The summed E-state index contributed by atoms with van der Waals surface area (Å²) in [5, 5.41) is 4.26. The van der Waals surface area contributed by atoms with Gasteiger partial charge < -0.3 is 9.47 Å². The summed E-state index contributed by atoms with van der Waals surface area (Å²) >= 11 is 0. The van der Waals surface area contributed by atoms with Gasteiger partial charge in [-0.25, -0.2) is 4.79 Å². The van der Waals surface area contributed by atoms with Crippen LogP contribution >= 0.6 is 0 Å². The molecule has 2 aromatic rings. The third-order valence-electron chi connectivity index (χ3n) is 3.10. The minimum atomic E-state index is -0.425. The summed E-state index contributed by atoms with van der Waals surface area (Å²) in [4.78, 5) is 11.1. The van der Waals surface area contributed by atoms with Gasteiger partial charge in [-0.3, -0.25) is 4.68 Å². The average Bonchev–Trinajstić information content (AvgIpc) is 2.95. The largest absolute Gasteiger partial charge is 0.466 e. The van der Waals surface area contributed by atoms with Crippen LogP contribution in [0, 0.1) is 0 Å². The first-order valence-electron chi connectivity index (χ1n) is 7.47. The molecule has 120 valence electrons. The molecule has 0 aliphatic carbocycles. The summed E-state index contributed by atoms with van der Waals surface area (Å²) in [6.45, 7) is 5.98. The number of hydrogen-bond donors (Lipinski definition) is 0. The summed E-state index contributed by atoms with van der Waals surface area (Å²) in [6, 6.07) is 10.00. The molecule has 0 bridgehead atoms. The number of carbonyl (C=O) groups excluding carboxylic acids is 1. The Labute approximate surface area is 131 Å². The van der Waals surface area contributed by atoms with E-state index < -0.39 is 5.97 Å². The molecule has 0 radical (unpaired) electrons. The number of aryl methyl sites for hydroxylation is 2. The summed E-state index contributed by atoms with van der Waals surface area (Å²) in [5.74, 6) is -0.00929. The average molecular weight is 304 g/mol. The van der Waals surface area contributed by atoms with E-state index in [1.165, 1.54) is 12.7 Å². The van der Waals surface area contributed by atoms with Gasteiger partial charge in [0.1, 0.15) is 0 Å². The maximum atomic E-state index is 11.1. The second-order valence-corrected chi connectivity index (χ2v) is 4.37. The number of nitrogens with zero attached hydrogens (tertiary/aromatic N) is 2. The minimum absolute atomic E-state index is 0.137. The molecule has 1 aromatic carbocycles. The van der Waals surface area contributed by atoms with Crippen LogP contribution in [0.1, 0.15) is 26.3 Å². The van der Waals surface area contributed by atoms with Crippen molar-refractivity contribution in [2.75, 3.05) is 13.7 Å². The Bertz CT molecular complexity index is 606. The highest BCUT2D eigenvalue weighted by Gasteiger charge is 2.12. The molecule has 0 saturated carbocycles. The third kappa shape index (κ3) is 4.35. The number of rotatable bonds is 5. The van der Waals surface area contributed by atoms with Gasteiger partial charge in [-0.1, -0.05) is 45.0 Å². The molecule has 0 saturated heterocycles. The van der Waals surface area contributed by atoms with Crippen molar-refractivity contribution >= 4 is 5.97 Å². The summed E-state index contributed by atoms with van der Waals surface area (Å²) in [5.41, 5.74) is 3.33. The van der Waals surface area contributed by atoms with Crippen LogP contribution in [-0.2, 0) is 23.0 Å². The quantitative estimate of drug-likeness (QED) is 0.796. The smallest absolute Gasteiger partial charge is 0.343 e. The molecule has 0 N–H and O–H groups in total. The standard InChI is InChI=1S/C15H18N2O3.C2H6/c1-4-11-7-5-6-8-12(11)13-9-14(16-17(13)2)20-10-15(18)19-3;1-2/h5-9H,4,10H2,1-3H3;1-2H3. The van der Waals surface area contributed by atoms with Crippen LogP contribution < -0.4 is 4.74 Å². The fourth-order valence-corrected chi connectivity index (χ4v) is 2.03. The zero-order chi connectivity index (χ0) is 16.5. The van der Waals surface area contributed by atoms with Crippen molar-refractivity contribution in [3.8, 4) is 17.1 Å². The van der Waals surface area contributed by atoms with E-state index in [9.17, 15) is 4.79 Å². The van der Waals surface area contributed by atoms with Crippen molar-refractivity contribution in [1.29, 1.82) is 0 Å². The van der Waals surface area contributed by atoms with Gasteiger partial charge in [0.15, 0.2) is 6.61 Å². The molecule has 5 nitrogen and oxygen atoms in total. The van der Waals surface area contributed by atoms with Crippen LogP contribution in [0.5, 0.6) is 5.88 Å². The van der Waals surface area contributed by atoms with Crippen LogP contribution in [0.3, 0.4) is 0 Å². The molecule has 0 fully saturated rings. The Morgan fingerprint density at radius 3 is 2.59 bits per heavy atom. The first-order valence-corrected chi connectivity index (χ1v) is 7.47. The fourth-order valence-electron chi connectivity index (χ4n) is 2.03. The Kier molecular flexibility index (Phi) is 7.16. The maximum absolute atomic E-state index is 11.1. The molecular formula is C17H24N2O3. The van der Waals surface area contributed by atoms with E-state index in [0.717, 1.165) is 17.7 Å². The van der Waals surface area contributed by atoms with Gasteiger partial charge in [0, 0.05) is 18.7 Å². The van der Waals surface area contributed by atoms with E-state index in [1.807, 2.05) is 39.1 Å².